The molecule has 0 unspecified atom stereocenters. The molecule has 1 aromatic carbocycles. The second-order valence-electron chi connectivity index (χ2n) is 3.76. The SMILES string of the molecule is CCCOc1ccccc1-c1[nH]c(=S)ncc1F. The van der Waals surface area contributed by atoms with E-state index < -0.39 is 5.82 Å². The van der Waals surface area contributed by atoms with Crippen molar-refractivity contribution in [1.82, 2.24) is 9.97 Å². The lowest BCUT2D eigenvalue weighted by molar-refractivity contribution is 0.318. The first-order valence-corrected chi connectivity index (χ1v) is 6.10. The van der Waals surface area contributed by atoms with Gasteiger partial charge in [-0.1, -0.05) is 19.1 Å². The van der Waals surface area contributed by atoms with Gasteiger partial charge in [-0.3, -0.25) is 0 Å². The number of nitrogens with zero attached hydrogens (tertiary/aromatic N) is 1. The molecule has 18 heavy (non-hydrogen) atoms. The van der Waals surface area contributed by atoms with Gasteiger partial charge in [-0.15, -0.1) is 0 Å². The molecule has 0 bridgehead atoms. The zero-order valence-electron chi connectivity index (χ0n) is 9.94. The Morgan fingerprint density at radius 3 is 2.94 bits per heavy atom. The average molecular weight is 264 g/mol. The lowest BCUT2D eigenvalue weighted by Gasteiger charge is -2.11. The summed E-state index contributed by atoms with van der Waals surface area (Å²) in [5.41, 5.74) is 0.957. The van der Waals surface area contributed by atoms with E-state index in [1.165, 1.54) is 0 Å². The Morgan fingerprint density at radius 1 is 1.39 bits per heavy atom. The smallest absolute Gasteiger partial charge is 0.197 e. The molecular formula is C13H13FN2OS. The van der Waals surface area contributed by atoms with Gasteiger partial charge < -0.3 is 9.72 Å². The minimum absolute atomic E-state index is 0.247. The highest BCUT2D eigenvalue weighted by atomic mass is 32.1. The van der Waals surface area contributed by atoms with Gasteiger partial charge in [-0.05, 0) is 30.8 Å². The van der Waals surface area contributed by atoms with E-state index in [4.69, 9.17) is 17.0 Å². The molecule has 2 rings (SSSR count). The van der Waals surface area contributed by atoms with E-state index >= 15 is 0 Å². The van der Waals surface area contributed by atoms with Crippen molar-refractivity contribution in [2.45, 2.75) is 13.3 Å². The van der Waals surface area contributed by atoms with Gasteiger partial charge in [0.15, 0.2) is 10.6 Å². The highest BCUT2D eigenvalue weighted by Crippen LogP contribution is 2.29. The molecule has 1 aromatic heterocycles. The van der Waals surface area contributed by atoms with E-state index in [9.17, 15) is 4.39 Å². The first-order chi connectivity index (χ1) is 8.72. The van der Waals surface area contributed by atoms with Crippen LogP contribution in [0.15, 0.2) is 30.5 Å². The van der Waals surface area contributed by atoms with Gasteiger partial charge in [0.05, 0.1) is 18.5 Å². The Kier molecular flexibility index (Phi) is 4.04. The number of hydrogen-bond acceptors (Lipinski definition) is 3. The molecule has 0 saturated carbocycles. The van der Waals surface area contributed by atoms with Gasteiger partial charge in [0.25, 0.3) is 0 Å². The van der Waals surface area contributed by atoms with Crippen LogP contribution in [-0.4, -0.2) is 16.6 Å². The molecule has 0 amide bonds. The van der Waals surface area contributed by atoms with Crippen molar-refractivity contribution in [2.24, 2.45) is 0 Å². The van der Waals surface area contributed by atoms with Crippen LogP contribution < -0.4 is 4.74 Å². The molecule has 3 nitrogen and oxygen atoms in total. The standard InChI is InChI=1S/C13H13FN2OS/c1-2-7-17-11-6-4-3-5-9(11)12-10(14)8-15-13(18)16-12/h3-6,8H,2,7H2,1H3,(H,15,16,18). The molecule has 0 aliphatic carbocycles. The fourth-order valence-corrected chi connectivity index (χ4v) is 1.74. The van der Waals surface area contributed by atoms with Crippen molar-refractivity contribution < 1.29 is 9.13 Å². The topological polar surface area (TPSA) is 37.9 Å². The summed E-state index contributed by atoms with van der Waals surface area (Å²) in [7, 11) is 0. The van der Waals surface area contributed by atoms with Crippen LogP contribution >= 0.6 is 12.2 Å². The van der Waals surface area contributed by atoms with Gasteiger partial charge in [-0.2, -0.15) is 0 Å². The van der Waals surface area contributed by atoms with Crippen LogP contribution in [0, 0.1) is 10.6 Å². The highest BCUT2D eigenvalue weighted by Gasteiger charge is 2.11. The second kappa shape index (κ2) is 5.73. The summed E-state index contributed by atoms with van der Waals surface area (Å²) in [6, 6.07) is 7.27. The minimum Gasteiger partial charge on any atom is -0.493 e. The van der Waals surface area contributed by atoms with Crippen LogP contribution in [0.5, 0.6) is 5.75 Å². The van der Waals surface area contributed by atoms with Gasteiger partial charge in [0, 0.05) is 5.56 Å². The molecule has 0 spiro atoms. The third-order valence-electron chi connectivity index (χ3n) is 2.38. The molecule has 2 aromatic rings. The third-order valence-corrected chi connectivity index (χ3v) is 2.59. The number of benzene rings is 1. The van der Waals surface area contributed by atoms with Gasteiger partial charge in [-0.25, -0.2) is 9.37 Å². The Hall–Kier alpha value is -1.75. The first kappa shape index (κ1) is 12.7. The van der Waals surface area contributed by atoms with Gasteiger partial charge >= 0.3 is 0 Å². The monoisotopic (exact) mass is 264 g/mol. The van der Waals surface area contributed by atoms with Crippen molar-refractivity contribution in [1.29, 1.82) is 0 Å². The fraction of sp³-hybridized carbons (Fsp3) is 0.231. The number of aromatic amines is 1. The second-order valence-corrected chi connectivity index (χ2v) is 4.14. The zero-order chi connectivity index (χ0) is 13.0. The molecule has 1 heterocycles. The largest absolute Gasteiger partial charge is 0.493 e. The van der Waals surface area contributed by atoms with E-state index in [2.05, 4.69) is 9.97 Å². The number of para-hydroxylation sites is 1. The Balaban J connectivity index is 2.49. The summed E-state index contributed by atoms with van der Waals surface area (Å²) < 4.78 is 19.6. The summed E-state index contributed by atoms with van der Waals surface area (Å²) in [6.45, 7) is 2.60. The number of hydrogen-bond donors (Lipinski definition) is 1. The maximum absolute atomic E-state index is 13.8. The third kappa shape index (κ3) is 2.73. The van der Waals surface area contributed by atoms with Gasteiger partial charge in [0.2, 0.25) is 0 Å². The van der Waals surface area contributed by atoms with Crippen LogP contribution in [0.2, 0.25) is 0 Å². The Morgan fingerprint density at radius 2 is 2.17 bits per heavy atom. The minimum atomic E-state index is -0.448. The molecular weight excluding hydrogens is 251 g/mol. The maximum atomic E-state index is 13.8. The number of H-pyrrole nitrogens is 1. The fourth-order valence-electron chi connectivity index (χ4n) is 1.59. The van der Waals surface area contributed by atoms with E-state index in [1.54, 1.807) is 6.07 Å². The number of halogens is 1. The van der Waals surface area contributed by atoms with Crippen LogP contribution in [0.25, 0.3) is 11.3 Å². The summed E-state index contributed by atoms with van der Waals surface area (Å²) in [6.07, 6.45) is 2.01. The number of aromatic nitrogens is 2. The molecule has 5 heteroatoms. The van der Waals surface area contributed by atoms with E-state index in [0.717, 1.165) is 12.6 Å². The summed E-state index contributed by atoms with van der Waals surface area (Å²) in [5.74, 6) is 0.186. The summed E-state index contributed by atoms with van der Waals surface area (Å²) in [5, 5.41) is 0. The molecule has 0 saturated heterocycles. The van der Waals surface area contributed by atoms with Crippen LogP contribution in [-0.2, 0) is 0 Å². The van der Waals surface area contributed by atoms with E-state index in [0.29, 0.717) is 23.6 Å². The lowest BCUT2D eigenvalue weighted by Crippen LogP contribution is -1.99. The number of nitrogens with one attached hydrogen (secondary N) is 1. The van der Waals surface area contributed by atoms with Crippen LogP contribution in [0.1, 0.15) is 13.3 Å². The summed E-state index contributed by atoms with van der Waals surface area (Å²) >= 11 is 4.92. The van der Waals surface area contributed by atoms with Crippen molar-refractivity contribution in [3.8, 4) is 17.0 Å². The quantitative estimate of drug-likeness (QED) is 0.855. The lowest BCUT2D eigenvalue weighted by atomic mass is 10.1. The molecule has 94 valence electrons. The summed E-state index contributed by atoms with van der Waals surface area (Å²) in [4.78, 5) is 6.46. The number of ether oxygens (including phenoxy) is 1. The molecule has 0 radical (unpaired) electrons. The van der Waals surface area contributed by atoms with Crippen molar-refractivity contribution in [3.05, 3.63) is 41.1 Å². The molecule has 0 aliphatic heterocycles. The van der Waals surface area contributed by atoms with Crippen molar-refractivity contribution >= 4 is 12.2 Å². The maximum Gasteiger partial charge on any atom is 0.197 e. The predicted molar refractivity (Wildman–Crippen MR) is 70.6 cm³/mol. The Labute approximate surface area is 110 Å². The van der Waals surface area contributed by atoms with Gasteiger partial charge in [0.1, 0.15) is 5.75 Å². The van der Waals surface area contributed by atoms with Crippen molar-refractivity contribution in [2.75, 3.05) is 6.61 Å². The first-order valence-electron chi connectivity index (χ1n) is 5.69. The van der Waals surface area contributed by atoms with E-state index in [1.807, 2.05) is 25.1 Å². The van der Waals surface area contributed by atoms with Crippen molar-refractivity contribution in [3.63, 3.8) is 0 Å². The van der Waals surface area contributed by atoms with E-state index in [-0.39, 0.29) is 4.77 Å². The molecule has 0 aliphatic rings. The number of rotatable bonds is 4. The Bertz CT molecular complexity index is 598. The molecule has 0 fully saturated rings. The molecule has 1 N–H and O–H groups in total. The van der Waals surface area contributed by atoms with Crippen LogP contribution in [0.3, 0.4) is 0 Å². The molecule has 0 atom stereocenters. The zero-order valence-corrected chi connectivity index (χ0v) is 10.8. The highest BCUT2D eigenvalue weighted by molar-refractivity contribution is 7.71. The predicted octanol–water partition coefficient (Wildman–Crippen LogP) is 3.73. The normalized spacial score (nSPS) is 10.3. The van der Waals surface area contributed by atoms with Crippen LogP contribution in [0.4, 0.5) is 4.39 Å². The average Bonchev–Trinajstić information content (AvgIpc) is 2.39.